The number of nitrogens with zero attached hydrogens (tertiary/aromatic N) is 9. The zero-order chi connectivity index (χ0) is 76.3. The Hall–Kier alpha value is -5.80. The number of carbonyl (C=O) groups is 12. The van der Waals surface area contributed by atoms with Crippen LogP contribution in [0, 0.1) is 41.4 Å². The SMILES string of the molecule is CC[C@H](C)[C@@H]1NC(=O)[C@H](C)N(C)C(=O)C[C@@H](C(=O)N(C)C)N(C)C(=O)[C@H]([C@@H](C)CC)N(C)C(=O)C2(CCCC2)NC(=O)[C@H](CC2CCC(Br)CC2)N(C)C(=O)[C@H](CCC2CCC(C(F)(F)F)C(Cl)C2)NC(=O)CN(C)C(=O)[C@H](CC2CCC(C)CC2)N(C)C(=O)[C@@H]2CCN2C(=O)[C@H](C)N(C)C1=O. The van der Waals surface area contributed by atoms with Crippen LogP contribution >= 0.6 is 27.5 Å². The standard InChI is InChI=1S/C73H119BrClF3N12O12/c1-17-43(4)60-69(100)85(12)46(7)64(95)90-36-33-54(90)68(99)87(14)56(39-48-23-21-42(3)22-24-48)67(98)83(10)41-58(91)79-53(32-28-47-27-31-51(52(75)37-47)73(76,77)78)65(96)86(13)55(38-49-25-29-50(74)30-26-49)63(94)81-72(34-19-20-35-72)71(102)89(16)61(44(5)18-2)70(101)88(15)57(66(97)82(8)9)40-59(92)84(11)45(6)62(93)80-60/h42-57,60-61H,17-41H2,1-16H3,(H,79,91)(H,80,93)(H,81,94)/t42?,43-,44-,45-,46-,47?,48?,49?,50?,51?,52?,53-,54-,55-,56-,57-,60-,61-/m0/s1. The van der Waals surface area contributed by atoms with E-state index in [2.05, 4.69) is 38.8 Å². The number of likely N-dealkylation sites (N-methyl/N-ethyl adjacent to an activating group) is 8. The van der Waals surface area contributed by atoms with Crippen molar-refractivity contribution in [3.63, 3.8) is 0 Å². The van der Waals surface area contributed by atoms with Crippen LogP contribution in [0.5, 0.6) is 0 Å². The summed E-state index contributed by atoms with van der Waals surface area (Å²) in [6.45, 7) is 11.9. The van der Waals surface area contributed by atoms with Crippen LogP contribution in [0.2, 0.25) is 0 Å². The van der Waals surface area contributed by atoms with Crippen LogP contribution in [-0.2, 0) is 57.5 Å². The molecule has 12 amide bonds. The fraction of sp³-hybridized carbons (Fsp3) is 0.836. The van der Waals surface area contributed by atoms with Crippen molar-refractivity contribution in [3.05, 3.63) is 0 Å². The molecule has 2 aliphatic heterocycles. The molecule has 0 aromatic rings. The first kappa shape index (κ1) is 85.1. The number of nitrogens with one attached hydrogen (secondary N) is 3. The first-order valence-electron chi connectivity index (χ1n) is 37.3. The Morgan fingerprint density at radius 3 is 1.72 bits per heavy atom. The highest BCUT2D eigenvalue weighted by Crippen LogP contribution is 2.44. The van der Waals surface area contributed by atoms with E-state index in [1.165, 1.54) is 112 Å². The lowest BCUT2D eigenvalue weighted by Crippen LogP contribution is -2.65. The first-order chi connectivity index (χ1) is 47.7. The number of alkyl halides is 5. The van der Waals surface area contributed by atoms with Crippen molar-refractivity contribution in [2.75, 3.05) is 76.5 Å². The molecular formula is C73H119BrClF3N12O12. The molecule has 4 saturated carbocycles. The topological polar surface area (TPSA) is 270 Å². The highest BCUT2D eigenvalue weighted by Gasteiger charge is 2.52. The summed E-state index contributed by atoms with van der Waals surface area (Å²) < 4.78 is 42.4. The number of amides is 12. The average molecular weight is 1530 g/mol. The van der Waals surface area contributed by atoms with Crippen molar-refractivity contribution in [2.24, 2.45) is 41.4 Å². The maximum atomic E-state index is 15.7. The second-order valence-electron chi connectivity index (χ2n) is 31.3. The second kappa shape index (κ2) is 37.0. The molecule has 2 saturated heterocycles. The molecule has 0 aromatic carbocycles. The zero-order valence-electron chi connectivity index (χ0n) is 63.4. The Labute approximate surface area is 616 Å². The number of rotatable bonds is 12. The van der Waals surface area contributed by atoms with E-state index in [4.69, 9.17) is 11.6 Å². The lowest BCUT2D eigenvalue weighted by atomic mass is 9.78. The van der Waals surface area contributed by atoms with E-state index in [0.29, 0.717) is 44.4 Å². The van der Waals surface area contributed by atoms with Crippen molar-refractivity contribution in [3.8, 4) is 0 Å². The Kier molecular flexibility index (Phi) is 30.8. The predicted molar refractivity (Wildman–Crippen MR) is 385 cm³/mol. The van der Waals surface area contributed by atoms with E-state index in [9.17, 15) is 46.7 Å². The average Bonchev–Trinajstić information content (AvgIpc) is 1.18. The summed E-state index contributed by atoms with van der Waals surface area (Å²) in [6.07, 6.45) is 3.77. The third-order valence-electron chi connectivity index (χ3n) is 24.1. The van der Waals surface area contributed by atoms with Crippen molar-refractivity contribution < 1.29 is 70.7 Å². The molecule has 29 heteroatoms. The lowest BCUT2D eigenvalue weighted by molar-refractivity contribution is -0.182. The summed E-state index contributed by atoms with van der Waals surface area (Å²) in [5.74, 6) is -10.6. The molecule has 6 rings (SSSR count). The number of hydrogen-bond donors (Lipinski definition) is 3. The zero-order valence-corrected chi connectivity index (χ0v) is 65.7. The largest absolute Gasteiger partial charge is 0.393 e. The Morgan fingerprint density at radius 2 is 1.18 bits per heavy atom. The molecule has 6 aliphatic rings. The van der Waals surface area contributed by atoms with E-state index < -0.39 is 173 Å². The molecule has 3 N–H and O–H groups in total. The summed E-state index contributed by atoms with van der Waals surface area (Å²) in [5, 5.41) is 7.59. The second-order valence-corrected chi connectivity index (χ2v) is 33.2. The first-order valence-corrected chi connectivity index (χ1v) is 38.7. The minimum absolute atomic E-state index is 0.0117. The van der Waals surface area contributed by atoms with Gasteiger partial charge < -0.3 is 60.0 Å². The van der Waals surface area contributed by atoms with Crippen LogP contribution in [0.1, 0.15) is 196 Å². The van der Waals surface area contributed by atoms with E-state index in [0.717, 1.165) is 48.3 Å². The molecule has 2 heterocycles. The van der Waals surface area contributed by atoms with Gasteiger partial charge in [-0.05, 0) is 139 Å². The van der Waals surface area contributed by atoms with E-state index in [-0.39, 0.29) is 93.3 Å². The van der Waals surface area contributed by atoms with Crippen molar-refractivity contribution in [1.29, 1.82) is 0 Å². The van der Waals surface area contributed by atoms with Crippen LogP contribution in [0.3, 0.4) is 0 Å². The molecule has 6 fully saturated rings. The Morgan fingerprint density at radius 1 is 0.618 bits per heavy atom. The third-order valence-corrected chi connectivity index (χ3v) is 25.5. The number of hydrogen-bond acceptors (Lipinski definition) is 12. The maximum Gasteiger partial charge on any atom is 0.393 e. The van der Waals surface area contributed by atoms with Gasteiger partial charge in [0.15, 0.2) is 0 Å². The summed E-state index contributed by atoms with van der Waals surface area (Å²) in [7, 11) is 12.9. The monoisotopic (exact) mass is 1530 g/mol. The molecule has 1 spiro atoms. The smallest absolute Gasteiger partial charge is 0.347 e. The number of fused-ring (bicyclic) bond motifs is 1. The summed E-state index contributed by atoms with van der Waals surface area (Å²) in [5.41, 5.74) is -1.61. The summed E-state index contributed by atoms with van der Waals surface area (Å²) >= 11 is 10.2. The van der Waals surface area contributed by atoms with Gasteiger partial charge in [0.1, 0.15) is 59.9 Å². The van der Waals surface area contributed by atoms with Gasteiger partial charge in [-0.25, -0.2) is 0 Å². The fourth-order valence-electron chi connectivity index (χ4n) is 16.1. The molecule has 24 nitrogen and oxygen atoms in total. The third kappa shape index (κ3) is 20.6. The number of carbonyl (C=O) groups excluding carboxylic acids is 12. The quantitative estimate of drug-likeness (QED) is 0.168. The Balaban J connectivity index is 1.45. The minimum Gasteiger partial charge on any atom is -0.347 e. The molecule has 14 atom stereocenters. The van der Waals surface area contributed by atoms with Gasteiger partial charge in [0.2, 0.25) is 70.9 Å². The van der Waals surface area contributed by atoms with Crippen LogP contribution in [0.4, 0.5) is 13.2 Å². The van der Waals surface area contributed by atoms with Gasteiger partial charge >= 0.3 is 6.18 Å². The van der Waals surface area contributed by atoms with Crippen molar-refractivity contribution in [2.45, 2.75) is 272 Å². The van der Waals surface area contributed by atoms with Gasteiger partial charge in [0, 0.05) is 80.2 Å². The predicted octanol–water partition coefficient (Wildman–Crippen LogP) is 6.96. The number of halogens is 5. The fourth-order valence-corrected chi connectivity index (χ4v) is 17.1. The van der Waals surface area contributed by atoms with E-state index in [1.54, 1.807) is 13.8 Å². The van der Waals surface area contributed by atoms with Gasteiger partial charge in [0.05, 0.1) is 18.9 Å². The summed E-state index contributed by atoms with van der Waals surface area (Å²) in [4.78, 5) is 191. The van der Waals surface area contributed by atoms with Gasteiger partial charge in [0.25, 0.3) is 0 Å². The van der Waals surface area contributed by atoms with Gasteiger partial charge in [-0.1, -0.05) is 102 Å². The molecule has 0 aromatic heterocycles. The van der Waals surface area contributed by atoms with Crippen molar-refractivity contribution >= 4 is 98.4 Å². The van der Waals surface area contributed by atoms with Crippen LogP contribution in [-0.4, -0.2) is 268 Å². The van der Waals surface area contributed by atoms with Crippen LogP contribution in [0.15, 0.2) is 0 Å². The molecule has 4 aliphatic carbocycles. The van der Waals surface area contributed by atoms with Crippen LogP contribution in [0.25, 0.3) is 0 Å². The highest BCUT2D eigenvalue weighted by molar-refractivity contribution is 9.09. The Bertz CT molecular complexity index is 2990. The normalized spacial score (nSPS) is 33.0. The van der Waals surface area contributed by atoms with Gasteiger partial charge in [-0.15, -0.1) is 11.6 Å². The van der Waals surface area contributed by atoms with Gasteiger partial charge in [-0.3, -0.25) is 57.5 Å². The van der Waals surface area contributed by atoms with E-state index >= 15 is 24.0 Å². The molecule has 0 radical (unpaired) electrons. The van der Waals surface area contributed by atoms with Crippen molar-refractivity contribution in [1.82, 2.24) is 60.0 Å². The maximum absolute atomic E-state index is 15.7. The molecular weight excluding hydrogens is 1410 g/mol. The summed E-state index contributed by atoms with van der Waals surface area (Å²) in [6, 6.07) is -11.1. The molecule has 102 heavy (non-hydrogen) atoms. The molecule has 0 bridgehead atoms. The van der Waals surface area contributed by atoms with Crippen LogP contribution < -0.4 is 16.0 Å². The van der Waals surface area contributed by atoms with E-state index in [1.807, 2.05) is 13.8 Å². The van der Waals surface area contributed by atoms with Gasteiger partial charge in [-0.2, -0.15) is 13.2 Å². The minimum atomic E-state index is -4.52. The molecule has 3 unspecified atom stereocenters. The molecule has 578 valence electrons. The highest BCUT2D eigenvalue weighted by atomic mass is 79.9. The lowest BCUT2D eigenvalue weighted by Gasteiger charge is -2.45.